The molecule has 1 unspecified atom stereocenters. The van der Waals surface area contributed by atoms with Gasteiger partial charge in [-0.05, 0) is 36.8 Å². The minimum Gasteiger partial charge on any atom is -0.376 e. The second kappa shape index (κ2) is 5.83. The van der Waals surface area contributed by atoms with E-state index in [1.165, 1.54) is 0 Å². The van der Waals surface area contributed by atoms with Crippen molar-refractivity contribution >= 4 is 40.5 Å². The van der Waals surface area contributed by atoms with Crippen molar-refractivity contribution < 1.29 is 0 Å². The highest BCUT2D eigenvalue weighted by molar-refractivity contribution is 6.39. The fraction of sp³-hybridized carbons (Fsp3) is 0.143. The first-order valence-electron chi connectivity index (χ1n) is 5.54. The third-order valence-corrected chi connectivity index (χ3v) is 3.54. The normalized spacial score (nSPS) is 12.2. The third kappa shape index (κ3) is 3.11. The van der Waals surface area contributed by atoms with Crippen molar-refractivity contribution in [3.63, 3.8) is 0 Å². The summed E-state index contributed by atoms with van der Waals surface area (Å²) in [5.74, 6) is 0. The van der Waals surface area contributed by atoms with E-state index in [1.807, 2.05) is 37.3 Å². The molecular formula is C14H12Cl3N. The summed E-state index contributed by atoms with van der Waals surface area (Å²) in [5.41, 5.74) is 1.83. The van der Waals surface area contributed by atoms with Gasteiger partial charge in [0.25, 0.3) is 0 Å². The third-order valence-electron chi connectivity index (χ3n) is 2.67. The van der Waals surface area contributed by atoms with Gasteiger partial charge in [-0.25, -0.2) is 0 Å². The molecule has 0 radical (unpaired) electrons. The average molecular weight is 301 g/mol. The van der Waals surface area contributed by atoms with E-state index in [0.29, 0.717) is 15.1 Å². The molecule has 1 atom stereocenters. The predicted molar refractivity (Wildman–Crippen MR) is 80.0 cm³/mol. The topological polar surface area (TPSA) is 12.0 Å². The van der Waals surface area contributed by atoms with Crippen LogP contribution in [0.2, 0.25) is 15.1 Å². The molecule has 0 aliphatic rings. The fourth-order valence-electron chi connectivity index (χ4n) is 1.71. The second-order valence-electron chi connectivity index (χ2n) is 4.02. The van der Waals surface area contributed by atoms with Crippen molar-refractivity contribution in [2.45, 2.75) is 13.0 Å². The fourth-order valence-corrected chi connectivity index (χ4v) is 2.42. The van der Waals surface area contributed by atoms with Crippen LogP contribution < -0.4 is 5.32 Å². The standard InChI is InChI=1S/C14H12Cl3N/c1-9(10-4-2-5-11(15)8-10)18-14-12(16)6-3-7-13(14)17/h2-9,18H,1H3. The van der Waals surface area contributed by atoms with Gasteiger partial charge >= 0.3 is 0 Å². The molecule has 0 bridgehead atoms. The Hall–Kier alpha value is -0.890. The maximum Gasteiger partial charge on any atom is 0.0723 e. The molecule has 0 heterocycles. The monoisotopic (exact) mass is 299 g/mol. The molecule has 1 N–H and O–H groups in total. The number of para-hydroxylation sites is 1. The molecule has 0 aliphatic heterocycles. The van der Waals surface area contributed by atoms with Crippen LogP contribution in [-0.4, -0.2) is 0 Å². The highest BCUT2D eigenvalue weighted by atomic mass is 35.5. The Morgan fingerprint density at radius 1 is 0.944 bits per heavy atom. The summed E-state index contributed by atoms with van der Waals surface area (Å²) in [6.07, 6.45) is 0. The van der Waals surface area contributed by atoms with E-state index in [-0.39, 0.29) is 6.04 Å². The molecule has 0 saturated carbocycles. The van der Waals surface area contributed by atoms with Gasteiger partial charge in [0.05, 0.1) is 15.7 Å². The molecule has 0 aliphatic carbocycles. The molecule has 0 fully saturated rings. The summed E-state index contributed by atoms with van der Waals surface area (Å²) in [4.78, 5) is 0. The highest BCUT2D eigenvalue weighted by Gasteiger charge is 2.10. The highest BCUT2D eigenvalue weighted by Crippen LogP contribution is 2.33. The van der Waals surface area contributed by atoms with E-state index in [1.54, 1.807) is 12.1 Å². The zero-order valence-electron chi connectivity index (χ0n) is 9.75. The van der Waals surface area contributed by atoms with Crippen molar-refractivity contribution in [2.75, 3.05) is 5.32 Å². The van der Waals surface area contributed by atoms with Gasteiger partial charge in [0.15, 0.2) is 0 Å². The van der Waals surface area contributed by atoms with Crippen LogP contribution in [0.5, 0.6) is 0 Å². The van der Waals surface area contributed by atoms with Crippen molar-refractivity contribution in [1.82, 2.24) is 0 Å². The zero-order valence-corrected chi connectivity index (χ0v) is 12.0. The number of hydrogen-bond acceptors (Lipinski definition) is 1. The number of rotatable bonds is 3. The molecule has 0 spiro atoms. The molecule has 2 aromatic carbocycles. The van der Waals surface area contributed by atoms with Gasteiger partial charge in [0.1, 0.15) is 0 Å². The van der Waals surface area contributed by atoms with Crippen LogP contribution in [0.25, 0.3) is 0 Å². The summed E-state index contributed by atoms with van der Waals surface area (Å²) >= 11 is 18.2. The Balaban J connectivity index is 2.24. The molecule has 2 rings (SSSR count). The molecule has 0 amide bonds. The van der Waals surface area contributed by atoms with Gasteiger partial charge in [-0.15, -0.1) is 0 Å². The molecule has 4 heteroatoms. The van der Waals surface area contributed by atoms with Crippen LogP contribution in [0.3, 0.4) is 0 Å². The van der Waals surface area contributed by atoms with Crippen molar-refractivity contribution in [2.24, 2.45) is 0 Å². The minimum atomic E-state index is 0.0705. The summed E-state index contributed by atoms with van der Waals surface area (Å²) < 4.78 is 0. The van der Waals surface area contributed by atoms with Crippen molar-refractivity contribution in [1.29, 1.82) is 0 Å². The lowest BCUT2D eigenvalue weighted by atomic mass is 10.1. The van der Waals surface area contributed by atoms with Crippen LogP contribution in [0, 0.1) is 0 Å². The van der Waals surface area contributed by atoms with Gasteiger partial charge in [-0.3, -0.25) is 0 Å². The lowest BCUT2D eigenvalue weighted by Crippen LogP contribution is -2.07. The maximum atomic E-state index is 6.12. The van der Waals surface area contributed by atoms with Gasteiger partial charge < -0.3 is 5.32 Å². The van der Waals surface area contributed by atoms with Crippen molar-refractivity contribution in [3.8, 4) is 0 Å². The van der Waals surface area contributed by atoms with Crippen LogP contribution in [0.1, 0.15) is 18.5 Å². The predicted octanol–water partition coefficient (Wildman–Crippen LogP) is 5.82. The molecule has 1 nitrogen and oxygen atoms in total. The summed E-state index contributed by atoms with van der Waals surface area (Å²) in [6, 6.07) is 13.2. The molecule has 0 aromatic heterocycles. The molecule has 0 saturated heterocycles. The molecule has 94 valence electrons. The Bertz CT molecular complexity index is 534. The second-order valence-corrected chi connectivity index (χ2v) is 5.27. The Morgan fingerprint density at radius 2 is 1.56 bits per heavy atom. The largest absolute Gasteiger partial charge is 0.376 e. The van der Waals surface area contributed by atoms with E-state index in [4.69, 9.17) is 34.8 Å². The van der Waals surface area contributed by atoms with E-state index in [0.717, 1.165) is 11.3 Å². The first-order valence-corrected chi connectivity index (χ1v) is 6.67. The number of anilines is 1. The number of benzene rings is 2. The van der Waals surface area contributed by atoms with E-state index in [2.05, 4.69) is 5.32 Å². The molecular weight excluding hydrogens is 289 g/mol. The van der Waals surface area contributed by atoms with Crippen LogP contribution >= 0.6 is 34.8 Å². The lowest BCUT2D eigenvalue weighted by Gasteiger charge is -2.18. The van der Waals surface area contributed by atoms with Gasteiger partial charge in [0, 0.05) is 11.1 Å². The lowest BCUT2D eigenvalue weighted by molar-refractivity contribution is 0.885. The first-order chi connectivity index (χ1) is 8.58. The molecule has 2 aromatic rings. The SMILES string of the molecule is CC(Nc1c(Cl)cccc1Cl)c1cccc(Cl)c1. The van der Waals surface area contributed by atoms with E-state index in [9.17, 15) is 0 Å². The Labute approximate surface area is 122 Å². The number of nitrogens with one attached hydrogen (secondary N) is 1. The summed E-state index contributed by atoms with van der Waals surface area (Å²) in [7, 11) is 0. The van der Waals surface area contributed by atoms with Crippen LogP contribution in [0.15, 0.2) is 42.5 Å². The quantitative estimate of drug-likeness (QED) is 0.753. The number of hydrogen-bond donors (Lipinski definition) is 1. The van der Waals surface area contributed by atoms with Crippen LogP contribution in [0.4, 0.5) is 5.69 Å². The maximum absolute atomic E-state index is 6.12. The Morgan fingerprint density at radius 3 is 2.17 bits per heavy atom. The summed E-state index contributed by atoms with van der Waals surface area (Å²) in [6.45, 7) is 2.03. The van der Waals surface area contributed by atoms with Gasteiger partial charge in [-0.2, -0.15) is 0 Å². The molecule has 18 heavy (non-hydrogen) atoms. The zero-order chi connectivity index (χ0) is 13.1. The van der Waals surface area contributed by atoms with Gasteiger partial charge in [-0.1, -0.05) is 53.0 Å². The smallest absolute Gasteiger partial charge is 0.0723 e. The number of halogens is 3. The van der Waals surface area contributed by atoms with Crippen molar-refractivity contribution in [3.05, 3.63) is 63.1 Å². The first kappa shape index (κ1) is 13.5. The van der Waals surface area contributed by atoms with Gasteiger partial charge in [0.2, 0.25) is 0 Å². The van der Waals surface area contributed by atoms with Crippen LogP contribution in [-0.2, 0) is 0 Å². The minimum absolute atomic E-state index is 0.0705. The summed E-state index contributed by atoms with van der Waals surface area (Å²) in [5, 5.41) is 5.23. The Kier molecular flexibility index (Phi) is 4.39. The average Bonchev–Trinajstić information content (AvgIpc) is 2.34. The van der Waals surface area contributed by atoms with E-state index < -0.39 is 0 Å². The van der Waals surface area contributed by atoms with E-state index >= 15 is 0 Å².